The lowest BCUT2D eigenvalue weighted by molar-refractivity contribution is 0.415. The normalized spacial score (nSPS) is 10.6. The molecule has 3 rings (SSSR count). The Hall–Kier alpha value is -2.75. The van der Waals surface area contributed by atoms with Gasteiger partial charge in [-0.25, -0.2) is 0 Å². The van der Waals surface area contributed by atoms with Crippen LogP contribution in [0.1, 0.15) is 0 Å². The van der Waals surface area contributed by atoms with Crippen LogP contribution in [0.2, 0.25) is 0 Å². The van der Waals surface area contributed by atoms with Crippen LogP contribution in [0.15, 0.2) is 54.9 Å². The number of ether oxygens (including phenoxy) is 1. The van der Waals surface area contributed by atoms with Crippen LogP contribution < -0.4 is 15.4 Å². The third-order valence-electron chi connectivity index (χ3n) is 3.64. The maximum atomic E-state index is 6.05. The van der Waals surface area contributed by atoms with Crippen molar-refractivity contribution in [2.24, 2.45) is 0 Å². The first-order valence-electron chi connectivity index (χ1n) is 6.71. The molecule has 0 bridgehead atoms. The molecule has 0 aliphatic rings. The molecule has 2 N–H and O–H groups in total. The minimum Gasteiger partial charge on any atom is -0.495 e. The van der Waals surface area contributed by atoms with Crippen molar-refractivity contribution < 1.29 is 4.74 Å². The number of anilines is 3. The van der Waals surface area contributed by atoms with Crippen LogP contribution in [-0.4, -0.2) is 19.1 Å². The summed E-state index contributed by atoms with van der Waals surface area (Å²) in [6, 6.07) is 13.8. The first kappa shape index (κ1) is 13.2. The van der Waals surface area contributed by atoms with Gasteiger partial charge in [0.25, 0.3) is 0 Å². The van der Waals surface area contributed by atoms with E-state index in [0.717, 1.165) is 33.6 Å². The van der Waals surface area contributed by atoms with Crippen molar-refractivity contribution in [1.29, 1.82) is 0 Å². The second-order valence-corrected chi connectivity index (χ2v) is 4.83. The topological polar surface area (TPSA) is 51.4 Å². The number of hydrogen-bond donors (Lipinski definition) is 1. The van der Waals surface area contributed by atoms with Crippen LogP contribution in [0.4, 0.5) is 17.1 Å². The van der Waals surface area contributed by atoms with Crippen molar-refractivity contribution in [3.63, 3.8) is 0 Å². The predicted octanol–water partition coefficient (Wildman–Crippen LogP) is 3.59. The lowest BCUT2D eigenvalue weighted by Crippen LogP contribution is -2.11. The van der Waals surface area contributed by atoms with Crippen molar-refractivity contribution in [1.82, 2.24) is 4.98 Å². The summed E-state index contributed by atoms with van der Waals surface area (Å²) in [4.78, 5) is 6.31. The van der Waals surface area contributed by atoms with E-state index in [-0.39, 0.29) is 0 Å². The molecule has 4 heteroatoms. The maximum Gasteiger partial charge on any atom is 0.142 e. The monoisotopic (exact) mass is 279 g/mol. The van der Waals surface area contributed by atoms with Crippen LogP contribution in [0.25, 0.3) is 10.8 Å². The van der Waals surface area contributed by atoms with Crippen LogP contribution in [0.5, 0.6) is 5.75 Å². The molecule has 2 aromatic carbocycles. The smallest absolute Gasteiger partial charge is 0.142 e. The summed E-state index contributed by atoms with van der Waals surface area (Å²) in [5, 5.41) is 2.02. The molecule has 1 heterocycles. The van der Waals surface area contributed by atoms with E-state index in [0.29, 0.717) is 0 Å². The highest BCUT2D eigenvalue weighted by Gasteiger charge is 2.13. The van der Waals surface area contributed by atoms with Crippen LogP contribution in [-0.2, 0) is 0 Å². The third kappa shape index (κ3) is 2.25. The predicted molar refractivity (Wildman–Crippen MR) is 87.2 cm³/mol. The molecule has 0 spiro atoms. The van der Waals surface area contributed by atoms with E-state index in [9.17, 15) is 0 Å². The number of nitrogens with two attached hydrogens (primary N) is 1. The van der Waals surface area contributed by atoms with Gasteiger partial charge in [0.05, 0.1) is 18.5 Å². The number of fused-ring (bicyclic) bond motifs is 1. The number of benzene rings is 2. The molecule has 0 saturated carbocycles. The van der Waals surface area contributed by atoms with Crippen molar-refractivity contribution in [3.8, 4) is 5.75 Å². The minimum atomic E-state index is 0.754. The van der Waals surface area contributed by atoms with Gasteiger partial charge in [-0.3, -0.25) is 4.98 Å². The van der Waals surface area contributed by atoms with Gasteiger partial charge < -0.3 is 15.4 Å². The molecular weight excluding hydrogens is 262 g/mol. The Morgan fingerprint density at radius 3 is 2.62 bits per heavy atom. The quantitative estimate of drug-likeness (QED) is 0.744. The molecule has 0 aliphatic carbocycles. The van der Waals surface area contributed by atoms with Crippen LogP contribution >= 0.6 is 0 Å². The number of aromatic nitrogens is 1. The van der Waals surface area contributed by atoms with Crippen molar-refractivity contribution in [3.05, 3.63) is 54.9 Å². The Kier molecular flexibility index (Phi) is 3.36. The van der Waals surface area contributed by atoms with Gasteiger partial charge in [0.1, 0.15) is 5.75 Å². The van der Waals surface area contributed by atoms with E-state index < -0.39 is 0 Å². The molecule has 106 valence electrons. The highest BCUT2D eigenvalue weighted by atomic mass is 16.5. The zero-order chi connectivity index (χ0) is 14.8. The fourth-order valence-electron chi connectivity index (χ4n) is 2.53. The summed E-state index contributed by atoms with van der Waals surface area (Å²) in [5.74, 6) is 0.828. The molecule has 0 amide bonds. The Labute approximate surface area is 123 Å². The van der Waals surface area contributed by atoms with Crippen molar-refractivity contribution >= 4 is 27.8 Å². The molecule has 1 aromatic heterocycles. The molecule has 4 nitrogen and oxygen atoms in total. The fraction of sp³-hybridized carbons (Fsp3) is 0.118. The Bertz CT molecular complexity index is 786. The van der Waals surface area contributed by atoms with Crippen LogP contribution in [0, 0.1) is 0 Å². The average molecular weight is 279 g/mol. The molecule has 0 radical (unpaired) electrons. The molecule has 0 atom stereocenters. The summed E-state index contributed by atoms with van der Waals surface area (Å²) in [6.07, 6.45) is 3.60. The summed E-state index contributed by atoms with van der Waals surface area (Å²) in [5.41, 5.74) is 8.84. The first-order valence-corrected chi connectivity index (χ1v) is 6.71. The zero-order valence-corrected chi connectivity index (χ0v) is 12.1. The minimum absolute atomic E-state index is 0.754. The second kappa shape index (κ2) is 5.32. The molecular formula is C17H17N3O. The number of nitrogens with zero attached hydrogens (tertiary/aromatic N) is 2. The van der Waals surface area contributed by atoms with E-state index in [2.05, 4.69) is 9.88 Å². The van der Waals surface area contributed by atoms with Gasteiger partial charge in [-0.05, 0) is 30.3 Å². The van der Waals surface area contributed by atoms with Gasteiger partial charge in [0.15, 0.2) is 0 Å². The lowest BCUT2D eigenvalue weighted by atomic mass is 10.1. The van der Waals surface area contributed by atoms with Gasteiger partial charge in [0.2, 0.25) is 0 Å². The number of rotatable bonds is 3. The van der Waals surface area contributed by atoms with E-state index in [1.54, 1.807) is 13.3 Å². The van der Waals surface area contributed by atoms with E-state index >= 15 is 0 Å². The Morgan fingerprint density at radius 1 is 1.00 bits per heavy atom. The highest BCUT2D eigenvalue weighted by molar-refractivity contribution is 6.02. The third-order valence-corrected chi connectivity index (χ3v) is 3.64. The van der Waals surface area contributed by atoms with E-state index in [1.807, 2.05) is 55.7 Å². The van der Waals surface area contributed by atoms with Gasteiger partial charge in [-0.15, -0.1) is 0 Å². The average Bonchev–Trinajstić information content (AvgIpc) is 2.55. The van der Waals surface area contributed by atoms with Gasteiger partial charge >= 0.3 is 0 Å². The van der Waals surface area contributed by atoms with E-state index in [1.165, 1.54) is 0 Å². The van der Waals surface area contributed by atoms with Gasteiger partial charge in [-0.1, -0.05) is 12.1 Å². The number of methoxy groups -OCH3 is 1. The molecule has 0 aliphatic heterocycles. The zero-order valence-electron chi connectivity index (χ0n) is 12.1. The number of para-hydroxylation sites is 2. The summed E-state index contributed by atoms with van der Waals surface area (Å²) < 4.78 is 5.44. The fourth-order valence-corrected chi connectivity index (χ4v) is 2.53. The Morgan fingerprint density at radius 2 is 1.81 bits per heavy atom. The van der Waals surface area contributed by atoms with Crippen LogP contribution in [0.3, 0.4) is 0 Å². The summed E-state index contributed by atoms with van der Waals surface area (Å²) in [7, 11) is 3.69. The number of nitrogen functional groups attached to an aromatic ring is 1. The second-order valence-electron chi connectivity index (χ2n) is 4.83. The standard InChI is InChI=1S/C17H17N3O/c1-20(16-5-3-4-6-17(16)21-2)15-8-7-14(18)12-9-10-19-11-13(12)15/h3-11H,18H2,1-2H3. The lowest BCUT2D eigenvalue weighted by Gasteiger charge is -2.23. The summed E-state index contributed by atoms with van der Waals surface area (Å²) >= 11 is 0. The summed E-state index contributed by atoms with van der Waals surface area (Å²) in [6.45, 7) is 0. The molecule has 21 heavy (non-hydrogen) atoms. The molecule has 3 aromatic rings. The van der Waals surface area contributed by atoms with Crippen molar-refractivity contribution in [2.45, 2.75) is 0 Å². The maximum absolute atomic E-state index is 6.05. The Balaban J connectivity index is 2.18. The van der Waals surface area contributed by atoms with Gasteiger partial charge in [-0.2, -0.15) is 0 Å². The molecule has 0 fully saturated rings. The number of pyridine rings is 1. The van der Waals surface area contributed by atoms with Crippen molar-refractivity contribution in [2.75, 3.05) is 24.8 Å². The number of hydrogen-bond acceptors (Lipinski definition) is 4. The molecule has 0 unspecified atom stereocenters. The SMILES string of the molecule is COc1ccccc1N(C)c1ccc(N)c2ccncc12. The largest absolute Gasteiger partial charge is 0.495 e. The highest BCUT2D eigenvalue weighted by Crippen LogP contribution is 2.37. The van der Waals surface area contributed by atoms with Gasteiger partial charge in [0, 0.05) is 35.9 Å². The molecule has 0 saturated heterocycles. The first-order chi connectivity index (χ1) is 10.2. The van der Waals surface area contributed by atoms with E-state index in [4.69, 9.17) is 10.5 Å².